The number of hydrogen-bond donors (Lipinski definition) is 2. The second kappa shape index (κ2) is 3.67. The SMILES string of the molecule is CNCCn1c(N)cc2ncccc21. The van der Waals surface area contributed by atoms with E-state index in [1.165, 1.54) is 0 Å². The highest BCUT2D eigenvalue weighted by molar-refractivity contribution is 5.80. The van der Waals surface area contributed by atoms with Crippen LogP contribution < -0.4 is 11.1 Å². The van der Waals surface area contributed by atoms with Crippen LogP contribution in [0.5, 0.6) is 0 Å². The molecule has 0 aromatic carbocycles. The van der Waals surface area contributed by atoms with E-state index in [9.17, 15) is 0 Å². The van der Waals surface area contributed by atoms with E-state index in [0.717, 1.165) is 29.9 Å². The molecule has 0 spiro atoms. The Balaban J connectivity index is 2.45. The highest BCUT2D eigenvalue weighted by atomic mass is 15.1. The molecule has 74 valence electrons. The monoisotopic (exact) mass is 190 g/mol. The van der Waals surface area contributed by atoms with Crippen LogP contribution in [0.15, 0.2) is 24.4 Å². The van der Waals surface area contributed by atoms with E-state index >= 15 is 0 Å². The average Bonchev–Trinajstić information content (AvgIpc) is 2.51. The van der Waals surface area contributed by atoms with Gasteiger partial charge in [-0.25, -0.2) is 0 Å². The molecule has 0 amide bonds. The minimum Gasteiger partial charge on any atom is -0.385 e. The van der Waals surface area contributed by atoms with Gasteiger partial charge in [-0.1, -0.05) is 0 Å². The van der Waals surface area contributed by atoms with Gasteiger partial charge < -0.3 is 15.6 Å². The number of rotatable bonds is 3. The van der Waals surface area contributed by atoms with Crippen molar-refractivity contribution in [1.82, 2.24) is 14.9 Å². The third kappa shape index (κ3) is 1.44. The summed E-state index contributed by atoms with van der Waals surface area (Å²) in [6.45, 7) is 1.78. The molecule has 0 radical (unpaired) electrons. The molecule has 0 saturated carbocycles. The third-order valence-corrected chi connectivity index (χ3v) is 2.29. The zero-order chi connectivity index (χ0) is 9.97. The normalized spacial score (nSPS) is 10.9. The first-order valence-corrected chi connectivity index (χ1v) is 4.67. The molecule has 0 atom stereocenters. The first-order chi connectivity index (χ1) is 6.83. The minimum atomic E-state index is 0.772. The molecule has 0 unspecified atom stereocenters. The molecule has 0 saturated heterocycles. The lowest BCUT2D eigenvalue weighted by Crippen LogP contribution is -2.15. The Hall–Kier alpha value is -1.55. The molecule has 2 rings (SSSR count). The van der Waals surface area contributed by atoms with Crippen LogP contribution in [-0.4, -0.2) is 23.1 Å². The fraction of sp³-hybridized carbons (Fsp3) is 0.300. The van der Waals surface area contributed by atoms with Crippen LogP contribution in [0.4, 0.5) is 5.82 Å². The van der Waals surface area contributed by atoms with Crippen molar-refractivity contribution in [2.45, 2.75) is 6.54 Å². The van der Waals surface area contributed by atoms with Crippen molar-refractivity contribution in [1.29, 1.82) is 0 Å². The fourth-order valence-electron chi connectivity index (χ4n) is 1.58. The van der Waals surface area contributed by atoms with Gasteiger partial charge in [-0.05, 0) is 19.2 Å². The Bertz CT molecular complexity index is 433. The number of nitrogens with one attached hydrogen (secondary N) is 1. The van der Waals surface area contributed by atoms with Crippen molar-refractivity contribution < 1.29 is 0 Å². The summed E-state index contributed by atoms with van der Waals surface area (Å²) in [4.78, 5) is 4.25. The molecular formula is C10H14N4. The zero-order valence-electron chi connectivity index (χ0n) is 8.20. The summed E-state index contributed by atoms with van der Waals surface area (Å²) in [6, 6.07) is 5.87. The molecule has 0 aliphatic rings. The van der Waals surface area contributed by atoms with Gasteiger partial charge in [0.05, 0.1) is 11.0 Å². The van der Waals surface area contributed by atoms with E-state index in [1.54, 1.807) is 6.20 Å². The van der Waals surface area contributed by atoms with Crippen LogP contribution in [0.3, 0.4) is 0 Å². The maximum absolute atomic E-state index is 5.89. The highest BCUT2D eigenvalue weighted by Gasteiger charge is 2.04. The molecule has 14 heavy (non-hydrogen) atoms. The number of fused-ring (bicyclic) bond motifs is 1. The quantitative estimate of drug-likeness (QED) is 0.754. The number of hydrogen-bond acceptors (Lipinski definition) is 3. The minimum absolute atomic E-state index is 0.772. The van der Waals surface area contributed by atoms with Crippen LogP contribution in [-0.2, 0) is 6.54 Å². The van der Waals surface area contributed by atoms with E-state index in [4.69, 9.17) is 5.73 Å². The summed E-state index contributed by atoms with van der Waals surface area (Å²) in [5.41, 5.74) is 7.95. The number of nitrogen functional groups attached to an aromatic ring is 1. The average molecular weight is 190 g/mol. The van der Waals surface area contributed by atoms with Crippen LogP contribution in [0.1, 0.15) is 0 Å². The summed E-state index contributed by atoms with van der Waals surface area (Å²) < 4.78 is 2.07. The second-order valence-corrected chi connectivity index (χ2v) is 3.23. The summed E-state index contributed by atoms with van der Waals surface area (Å²) in [5, 5.41) is 3.10. The number of pyridine rings is 1. The number of likely N-dealkylation sites (N-methyl/N-ethyl adjacent to an activating group) is 1. The first kappa shape index (κ1) is 9.02. The summed E-state index contributed by atoms with van der Waals surface area (Å²) in [7, 11) is 1.93. The van der Waals surface area contributed by atoms with Crippen LogP contribution in [0, 0.1) is 0 Å². The lowest BCUT2D eigenvalue weighted by atomic mass is 10.4. The molecule has 4 heteroatoms. The van der Waals surface area contributed by atoms with Crippen LogP contribution in [0.2, 0.25) is 0 Å². The molecule has 0 aliphatic carbocycles. The molecule has 2 aromatic heterocycles. The Morgan fingerprint density at radius 1 is 1.57 bits per heavy atom. The van der Waals surface area contributed by atoms with E-state index in [0.29, 0.717) is 0 Å². The van der Waals surface area contributed by atoms with Gasteiger partial charge in [0.25, 0.3) is 0 Å². The molecule has 2 aromatic rings. The molecule has 3 N–H and O–H groups in total. The predicted octanol–water partition coefficient (Wildman–Crippen LogP) is 0.838. The Morgan fingerprint density at radius 3 is 3.21 bits per heavy atom. The van der Waals surface area contributed by atoms with Crippen LogP contribution in [0.25, 0.3) is 11.0 Å². The van der Waals surface area contributed by atoms with Crippen molar-refractivity contribution >= 4 is 16.9 Å². The lowest BCUT2D eigenvalue weighted by Gasteiger charge is -2.06. The smallest absolute Gasteiger partial charge is 0.105 e. The van der Waals surface area contributed by atoms with Crippen LogP contribution >= 0.6 is 0 Å². The molecule has 4 nitrogen and oxygen atoms in total. The van der Waals surface area contributed by atoms with E-state index in [2.05, 4.69) is 14.9 Å². The summed E-state index contributed by atoms with van der Waals surface area (Å²) in [6.07, 6.45) is 1.78. The standard InChI is InChI=1S/C10H14N4/c1-12-5-6-14-9-3-2-4-13-8(9)7-10(14)11/h2-4,7,12H,5-6,11H2,1H3. The van der Waals surface area contributed by atoms with Crippen molar-refractivity contribution in [3.63, 3.8) is 0 Å². The fourth-order valence-corrected chi connectivity index (χ4v) is 1.58. The molecule has 2 heterocycles. The Morgan fingerprint density at radius 2 is 2.43 bits per heavy atom. The molecule has 0 bridgehead atoms. The molecule has 0 aliphatic heterocycles. The maximum Gasteiger partial charge on any atom is 0.105 e. The highest BCUT2D eigenvalue weighted by Crippen LogP contribution is 2.18. The number of aromatic nitrogens is 2. The van der Waals surface area contributed by atoms with E-state index < -0.39 is 0 Å². The largest absolute Gasteiger partial charge is 0.385 e. The van der Waals surface area contributed by atoms with Gasteiger partial charge in [0.2, 0.25) is 0 Å². The van der Waals surface area contributed by atoms with Crippen molar-refractivity contribution in [2.24, 2.45) is 0 Å². The van der Waals surface area contributed by atoms with E-state index in [-0.39, 0.29) is 0 Å². The zero-order valence-corrected chi connectivity index (χ0v) is 8.20. The molecular weight excluding hydrogens is 176 g/mol. The number of nitrogens with zero attached hydrogens (tertiary/aromatic N) is 2. The van der Waals surface area contributed by atoms with Gasteiger partial charge in [-0.15, -0.1) is 0 Å². The van der Waals surface area contributed by atoms with Crippen molar-refractivity contribution in [3.05, 3.63) is 24.4 Å². The summed E-state index contributed by atoms with van der Waals surface area (Å²) >= 11 is 0. The Kier molecular flexibility index (Phi) is 2.37. The van der Waals surface area contributed by atoms with Crippen molar-refractivity contribution in [2.75, 3.05) is 19.3 Å². The number of anilines is 1. The second-order valence-electron chi connectivity index (χ2n) is 3.23. The lowest BCUT2D eigenvalue weighted by molar-refractivity contribution is 0.668. The van der Waals surface area contributed by atoms with Gasteiger partial charge >= 0.3 is 0 Å². The van der Waals surface area contributed by atoms with Gasteiger partial charge in [0.15, 0.2) is 0 Å². The topological polar surface area (TPSA) is 55.9 Å². The van der Waals surface area contributed by atoms with Gasteiger partial charge in [0, 0.05) is 25.4 Å². The predicted molar refractivity (Wildman–Crippen MR) is 58.1 cm³/mol. The Labute approximate surface area is 82.7 Å². The van der Waals surface area contributed by atoms with Gasteiger partial charge in [0.1, 0.15) is 5.82 Å². The summed E-state index contributed by atoms with van der Waals surface area (Å²) in [5.74, 6) is 0.772. The maximum atomic E-state index is 5.89. The van der Waals surface area contributed by atoms with Crippen molar-refractivity contribution in [3.8, 4) is 0 Å². The third-order valence-electron chi connectivity index (χ3n) is 2.29. The number of nitrogens with two attached hydrogens (primary N) is 1. The first-order valence-electron chi connectivity index (χ1n) is 4.67. The van der Waals surface area contributed by atoms with Gasteiger partial charge in [-0.2, -0.15) is 0 Å². The van der Waals surface area contributed by atoms with Gasteiger partial charge in [-0.3, -0.25) is 4.98 Å². The molecule has 0 fully saturated rings. The van der Waals surface area contributed by atoms with E-state index in [1.807, 2.05) is 25.2 Å².